The van der Waals surface area contributed by atoms with E-state index in [0.717, 1.165) is 25.2 Å². The van der Waals surface area contributed by atoms with Gasteiger partial charge in [0.15, 0.2) is 0 Å². The number of amides is 1. The van der Waals surface area contributed by atoms with E-state index < -0.39 is 0 Å². The smallest absolute Gasteiger partial charge is 0.251 e. The van der Waals surface area contributed by atoms with Crippen molar-refractivity contribution in [3.8, 4) is 0 Å². The van der Waals surface area contributed by atoms with E-state index in [4.69, 9.17) is 5.73 Å². The zero-order valence-electron chi connectivity index (χ0n) is 11.5. The molecule has 0 aliphatic heterocycles. The normalized spacial score (nSPS) is 10.2. The SMILES string of the molecule is CCCNC(=O)c1ccc(N(CC)CC)c(N)c1. The Morgan fingerprint density at radius 1 is 1.28 bits per heavy atom. The van der Waals surface area contributed by atoms with Crippen molar-refractivity contribution in [1.29, 1.82) is 0 Å². The molecule has 0 bridgehead atoms. The number of nitrogens with zero attached hydrogens (tertiary/aromatic N) is 1. The third kappa shape index (κ3) is 3.39. The van der Waals surface area contributed by atoms with Crippen molar-refractivity contribution in [3.05, 3.63) is 23.8 Å². The molecule has 0 aliphatic rings. The number of nitrogens with two attached hydrogens (primary N) is 1. The van der Waals surface area contributed by atoms with Crippen molar-refractivity contribution < 1.29 is 4.79 Å². The van der Waals surface area contributed by atoms with Gasteiger partial charge in [0.05, 0.1) is 11.4 Å². The number of hydrogen-bond donors (Lipinski definition) is 2. The van der Waals surface area contributed by atoms with Crippen LogP contribution < -0.4 is 16.0 Å². The molecule has 0 fully saturated rings. The summed E-state index contributed by atoms with van der Waals surface area (Å²) in [7, 11) is 0. The highest BCUT2D eigenvalue weighted by atomic mass is 16.1. The number of hydrogen-bond acceptors (Lipinski definition) is 3. The Labute approximate surface area is 109 Å². The molecule has 0 aromatic heterocycles. The van der Waals surface area contributed by atoms with Gasteiger partial charge in [-0.25, -0.2) is 0 Å². The van der Waals surface area contributed by atoms with Crippen molar-refractivity contribution in [2.45, 2.75) is 27.2 Å². The highest BCUT2D eigenvalue weighted by Crippen LogP contribution is 2.24. The van der Waals surface area contributed by atoms with Gasteiger partial charge in [-0.3, -0.25) is 4.79 Å². The van der Waals surface area contributed by atoms with Gasteiger partial charge in [-0.05, 0) is 38.5 Å². The van der Waals surface area contributed by atoms with E-state index in [0.29, 0.717) is 17.8 Å². The molecule has 0 radical (unpaired) electrons. The standard InChI is InChI=1S/C14H23N3O/c1-4-9-16-14(18)11-7-8-13(12(15)10-11)17(5-2)6-3/h7-8,10H,4-6,9,15H2,1-3H3,(H,16,18). The first-order valence-corrected chi connectivity index (χ1v) is 6.56. The predicted octanol–water partition coefficient (Wildman–Crippen LogP) is 2.25. The van der Waals surface area contributed by atoms with Crippen molar-refractivity contribution in [3.63, 3.8) is 0 Å². The maximum Gasteiger partial charge on any atom is 0.251 e. The summed E-state index contributed by atoms with van der Waals surface area (Å²) in [5, 5.41) is 2.84. The fourth-order valence-corrected chi connectivity index (χ4v) is 1.89. The zero-order valence-corrected chi connectivity index (χ0v) is 11.5. The van der Waals surface area contributed by atoms with E-state index >= 15 is 0 Å². The lowest BCUT2D eigenvalue weighted by atomic mass is 10.1. The third-order valence-corrected chi connectivity index (χ3v) is 2.93. The monoisotopic (exact) mass is 249 g/mol. The highest BCUT2D eigenvalue weighted by Gasteiger charge is 2.10. The Hall–Kier alpha value is -1.71. The molecule has 18 heavy (non-hydrogen) atoms. The summed E-state index contributed by atoms with van der Waals surface area (Å²) >= 11 is 0. The third-order valence-electron chi connectivity index (χ3n) is 2.93. The summed E-state index contributed by atoms with van der Waals surface area (Å²) in [5.74, 6) is -0.0605. The second kappa shape index (κ2) is 6.89. The van der Waals surface area contributed by atoms with Gasteiger partial charge in [0, 0.05) is 25.2 Å². The van der Waals surface area contributed by atoms with Crippen LogP contribution in [0.25, 0.3) is 0 Å². The van der Waals surface area contributed by atoms with E-state index in [9.17, 15) is 4.79 Å². The van der Waals surface area contributed by atoms with Crippen LogP contribution in [0.4, 0.5) is 11.4 Å². The molecule has 0 unspecified atom stereocenters. The van der Waals surface area contributed by atoms with Crippen LogP contribution >= 0.6 is 0 Å². The Kier molecular flexibility index (Phi) is 5.49. The van der Waals surface area contributed by atoms with Gasteiger partial charge in [-0.15, -0.1) is 0 Å². The van der Waals surface area contributed by atoms with Gasteiger partial charge in [0.25, 0.3) is 5.91 Å². The van der Waals surface area contributed by atoms with Crippen LogP contribution in [0.15, 0.2) is 18.2 Å². The highest BCUT2D eigenvalue weighted by molar-refractivity contribution is 5.96. The second-order valence-electron chi connectivity index (χ2n) is 4.20. The van der Waals surface area contributed by atoms with Gasteiger partial charge in [0.2, 0.25) is 0 Å². The average molecular weight is 249 g/mol. The van der Waals surface area contributed by atoms with Crippen LogP contribution in [0.1, 0.15) is 37.6 Å². The minimum atomic E-state index is -0.0605. The minimum absolute atomic E-state index is 0.0605. The van der Waals surface area contributed by atoms with E-state index in [1.165, 1.54) is 0 Å². The van der Waals surface area contributed by atoms with Crippen molar-refractivity contribution in [2.75, 3.05) is 30.3 Å². The minimum Gasteiger partial charge on any atom is -0.397 e. The lowest BCUT2D eigenvalue weighted by Crippen LogP contribution is -2.25. The molecule has 4 heteroatoms. The zero-order chi connectivity index (χ0) is 13.5. The number of anilines is 2. The fourth-order valence-electron chi connectivity index (χ4n) is 1.89. The van der Waals surface area contributed by atoms with Crippen LogP contribution in [-0.4, -0.2) is 25.5 Å². The van der Waals surface area contributed by atoms with E-state index in [-0.39, 0.29) is 5.91 Å². The Bertz CT molecular complexity index is 400. The van der Waals surface area contributed by atoms with Crippen LogP contribution in [-0.2, 0) is 0 Å². The average Bonchev–Trinajstić information content (AvgIpc) is 2.39. The quantitative estimate of drug-likeness (QED) is 0.760. The largest absolute Gasteiger partial charge is 0.397 e. The molecule has 4 nitrogen and oxygen atoms in total. The maximum atomic E-state index is 11.8. The molecular weight excluding hydrogens is 226 g/mol. The van der Waals surface area contributed by atoms with Crippen molar-refractivity contribution in [2.24, 2.45) is 0 Å². The van der Waals surface area contributed by atoms with E-state index in [2.05, 4.69) is 24.1 Å². The summed E-state index contributed by atoms with van der Waals surface area (Å²) in [5.41, 5.74) is 8.29. The molecular formula is C14H23N3O. The molecule has 0 atom stereocenters. The van der Waals surface area contributed by atoms with Gasteiger partial charge >= 0.3 is 0 Å². The maximum absolute atomic E-state index is 11.8. The molecule has 3 N–H and O–H groups in total. The number of nitrogens with one attached hydrogen (secondary N) is 1. The first-order valence-electron chi connectivity index (χ1n) is 6.56. The van der Waals surface area contributed by atoms with Crippen LogP contribution in [0.2, 0.25) is 0 Å². The molecule has 1 amide bonds. The van der Waals surface area contributed by atoms with Crippen LogP contribution in [0.5, 0.6) is 0 Å². The van der Waals surface area contributed by atoms with E-state index in [1.807, 2.05) is 19.1 Å². The number of carbonyl (C=O) groups excluding carboxylic acids is 1. The van der Waals surface area contributed by atoms with Gasteiger partial charge in [-0.1, -0.05) is 6.92 Å². The number of benzene rings is 1. The first-order chi connectivity index (χ1) is 8.63. The molecule has 0 aliphatic carbocycles. The second-order valence-corrected chi connectivity index (χ2v) is 4.20. The summed E-state index contributed by atoms with van der Waals surface area (Å²) in [4.78, 5) is 14.0. The topological polar surface area (TPSA) is 58.4 Å². The summed E-state index contributed by atoms with van der Waals surface area (Å²) in [6.07, 6.45) is 0.929. The lowest BCUT2D eigenvalue weighted by Gasteiger charge is -2.23. The van der Waals surface area contributed by atoms with Crippen LogP contribution in [0, 0.1) is 0 Å². The number of rotatable bonds is 6. The van der Waals surface area contributed by atoms with Gasteiger partial charge in [-0.2, -0.15) is 0 Å². The first kappa shape index (κ1) is 14.4. The summed E-state index contributed by atoms with van der Waals surface area (Å²) in [6.45, 7) is 8.70. The molecule has 0 saturated heterocycles. The summed E-state index contributed by atoms with van der Waals surface area (Å²) in [6, 6.07) is 5.50. The number of nitrogen functional groups attached to an aromatic ring is 1. The summed E-state index contributed by atoms with van der Waals surface area (Å²) < 4.78 is 0. The van der Waals surface area contributed by atoms with Crippen molar-refractivity contribution in [1.82, 2.24) is 5.32 Å². The molecule has 1 aromatic carbocycles. The Balaban J connectivity index is 2.88. The predicted molar refractivity (Wildman–Crippen MR) is 77.0 cm³/mol. The number of carbonyl (C=O) groups is 1. The van der Waals surface area contributed by atoms with Gasteiger partial charge < -0.3 is 16.0 Å². The van der Waals surface area contributed by atoms with Crippen LogP contribution in [0.3, 0.4) is 0 Å². The fraction of sp³-hybridized carbons (Fsp3) is 0.500. The molecule has 0 saturated carbocycles. The lowest BCUT2D eigenvalue weighted by molar-refractivity contribution is 0.0953. The Morgan fingerprint density at radius 3 is 2.44 bits per heavy atom. The molecule has 0 spiro atoms. The van der Waals surface area contributed by atoms with E-state index in [1.54, 1.807) is 6.07 Å². The van der Waals surface area contributed by atoms with Gasteiger partial charge in [0.1, 0.15) is 0 Å². The molecule has 1 aromatic rings. The Morgan fingerprint density at radius 2 is 1.94 bits per heavy atom. The molecule has 0 heterocycles. The van der Waals surface area contributed by atoms with Crippen molar-refractivity contribution >= 4 is 17.3 Å². The molecule has 1 rings (SSSR count). The molecule has 100 valence electrons.